The van der Waals surface area contributed by atoms with E-state index in [4.69, 9.17) is 0 Å². The van der Waals surface area contributed by atoms with Crippen molar-refractivity contribution >= 4 is 0 Å². The summed E-state index contributed by atoms with van der Waals surface area (Å²) in [6, 6.07) is 0. The first-order valence-electron chi connectivity index (χ1n) is 2.68. The van der Waals surface area contributed by atoms with Crippen molar-refractivity contribution in [3.63, 3.8) is 0 Å². The lowest BCUT2D eigenvalue weighted by Gasteiger charge is -1.94. The number of hydrogen-bond acceptors (Lipinski definition) is 2. The SMILES string of the molecule is C=CCCCOOC. The molecule has 0 unspecified atom stereocenters. The topological polar surface area (TPSA) is 18.5 Å². The number of unbranched alkanes of at least 4 members (excludes halogenated alkanes) is 1. The highest BCUT2D eigenvalue weighted by Crippen LogP contribution is 1.88. The molecule has 0 aromatic heterocycles. The molecule has 0 bridgehead atoms. The van der Waals surface area contributed by atoms with Crippen LogP contribution in [0.1, 0.15) is 12.8 Å². The molecule has 0 aliphatic rings. The predicted molar refractivity (Wildman–Crippen MR) is 32.4 cm³/mol. The van der Waals surface area contributed by atoms with Gasteiger partial charge in [0.15, 0.2) is 0 Å². The second kappa shape index (κ2) is 6.66. The standard InChI is InChI=1S/C6H12O2/c1-3-4-5-6-8-7-2/h3H,1,4-6H2,2H3. The van der Waals surface area contributed by atoms with Crippen LogP contribution in [-0.4, -0.2) is 13.7 Å². The molecular formula is C6H12O2. The van der Waals surface area contributed by atoms with E-state index < -0.39 is 0 Å². The molecule has 0 aromatic carbocycles. The van der Waals surface area contributed by atoms with Crippen molar-refractivity contribution in [3.8, 4) is 0 Å². The van der Waals surface area contributed by atoms with Crippen molar-refractivity contribution in [1.82, 2.24) is 0 Å². The van der Waals surface area contributed by atoms with E-state index in [1.807, 2.05) is 6.08 Å². The first-order chi connectivity index (χ1) is 3.91. The molecule has 0 aromatic rings. The van der Waals surface area contributed by atoms with Crippen LogP contribution >= 0.6 is 0 Å². The smallest absolute Gasteiger partial charge is 0.0825 e. The normalized spacial score (nSPS) is 9.12. The van der Waals surface area contributed by atoms with Gasteiger partial charge in [0, 0.05) is 0 Å². The van der Waals surface area contributed by atoms with Gasteiger partial charge in [-0.1, -0.05) is 6.08 Å². The molecule has 2 nitrogen and oxygen atoms in total. The third-order valence-electron chi connectivity index (χ3n) is 0.754. The van der Waals surface area contributed by atoms with Gasteiger partial charge < -0.3 is 0 Å². The lowest BCUT2D eigenvalue weighted by atomic mass is 10.3. The minimum atomic E-state index is 0.655. The van der Waals surface area contributed by atoms with Gasteiger partial charge in [0.1, 0.15) is 0 Å². The fourth-order valence-corrected chi connectivity index (χ4v) is 0.370. The Morgan fingerprint density at radius 2 is 2.38 bits per heavy atom. The third kappa shape index (κ3) is 5.66. The highest BCUT2D eigenvalue weighted by atomic mass is 17.2. The summed E-state index contributed by atoms with van der Waals surface area (Å²) in [5.41, 5.74) is 0. The van der Waals surface area contributed by atoms with E-state index in [-0.39, 0.29) is 0 Å². The van der Waals surface area contributed by atoms with Crippen LogP contribution in [0.3, 0.4) is 0 Å². The van der Waals surface area contributed by atoms with Gasteiger partial charge in [-0.05, 0) is 12.8 Å². The first kappa shape index (κ1) is 7.66. The summed E-state index contributed by atoms with van der Waals surface area (Å²) in [6.07, 6.45) is 3.83. The number of rotatable bonds is 5. The summed E-state index contributed by atoms with van der Waals surface area (Å²) in [7, 11) is 1.51. The minimum Gasteiger partial charge on any atom is -0.240 e. The van der Waals surface area contributed by atoms with Crippen LogP contribution in [0.5, 0.6) is 0 Å². The molecular weight excluding hydrogens is 104 g/mol. The van der Waals surface area contributed by atoms with Gasteiger partial charge in [-0.2, -0.15) is 0 Å². The molecule has 0 N–H and O–H groups in total. The Hall–Kier alpha value is -0.340. The summed E-state index contributed by atoms with van der Waals surface area (Å²) >= 11 is 0. The maximum Gasteiger partial charge on any atom is 0.0825 e. The zero-order valence-corrected chi connectivity index (χ0v) is 5.22. The lowest BCUT2D eigenvalue weighted by Crippen LogP contribution is -1.90. The highest BCUT2D eigenvalue weighted by molar-refractivity contribution is 4.64. The van der Waals surface area contributed by atoms with Gasteiger partial charge in [0.05, 0.1) is 13.7 Å². The molecule has 0 rings (SSSR count). The van der Waals surface area contributed by atoms with Gasteiger partial charge >= 0.3 is 0 Å². The molecule has 0 amide bonds. The van der Waals surface area contributed by atoms with Crippen molar-refractivity contribution in [1.29, 1.82) is 0 Å². The summed E-state index contributed by atoms with van der Waals surface area (Å²) in [5.74, 6) is 0. The molecule has 48 valence electrons. The van der Waals surface area contributed by atoms with Crippen molar-refractivity contribution < 1.29 is 9.78 Å². The Bertz CT molecular complexity index is 52.5. The maximum atomic E-state index is 4.59. The molecule has 0 heterocycles. The van der Waals surface area contributed by atoms with E-state index in [2.05, 4.69) is 16.4 Å². The maximum absolute atomic E-state index is 4.59. The molecule has 0 aliphatic carbocycles. The molecule has 0 saturated carbocycles. The average molecular weight is 116 g/mol. The van der Waals surface area contributed by atoms with E-state index in [1.54, 1.807) is 0 Å². The fourth-order valence-electron chi connectivity index (χ4n) is 0.370. The lowest BCUT2D eigenvalue weighted by molar-refractivity contribution is -0.272. The monoisotopic (exact) mass is 116 g/mol. The quantitative estimate of drug-likeness (QED) is 0.235. The van der Waals surface area contributed by atoms with E-state index in [0.29, 0.717) is 6.61 Å². The molecule has 0 atom stereocenters. The third-order valence-corrected chi connectivity index (χ3v) is 0.754. The van der Waals surface area contributed by atoms with Crippen molar-refractivity contribution in [2.24, 2.45) is 0 Å². The zero-order valence-electron chi connectivity index (χ0n) is 5.22. The molecule has 0 aliphatic heterocycles. The van der Waals surface area contributed by atoms with Gasteiger partial charge in [0.2, 0.25) is 0 Å². The van der Waals surface area contributed by atoms with E-state index in [0.717, 1.165) is 12.8 Å². The van der Waals surface area contributed by atoms with Crippen LogP contribution in [0.15, 0.2) is 12.7 Å². The Morgan fingerprint density at radius 3 is 2.88 bits per heavy atom. The van der Waals surface area contributed by atoms with Crippen LogP contribution in [0, 0.1) is 0 Å². The fraction of sp³-hybridized carbons (Fsp3) is 0.667. The van der Waals surface area contributed by atoms with Crippen LogP contribution < -0.4 is 0 Å². The summed E-state index contributed by atoms with van der Waals surface area (Å²) < 4.78 is 0. The Kier molecular flexibility index (Phi) is 6.38. The Labute approximate surface area is 50.0 Å². The van der Waals surface area contributed by atoms with Crippen LogP contribution in [0.4, 0.5) is 0 Å². The van der Waals surface area contributed by atoms with Crippen molar-refractivity contribution in [3.05, 3.63) is 12.7 Å². The number of allylic oxidation sites excluding steroid dienone is 1. The van der Waals surface area contributed by atoms with E-state index in [1.165, 1.54) is 7.11 Å². The average Bonchev–Trinajstić information content (AvgIpc) is 1.81. The largest absolute Gasteiger partial charge is 0.240 e. The summed E-state index contributed by atoms with van der Waals surface area (Å²) in [4.78, 5) is 8.94. The minimum absolute atomic E-state index is 0.655. The molecule has 0 saturated heterocycles. The molecule has 0 spiro atoms. The van der Waals surface area contributed by atoms with Crippen LogP contribution in [0.25, 0.3) is 0 Å². The van der Waals surface area contributed by atoms with Gasteiger partial charge in [-0.25, -0.2) is 9.78 Å². The van der Waals surface area contributed by atoms with Gasteiger partial charge in [-0.15, -0.1) is 6.58 Å². The highest BCUT2D eigenvalue weighted by Gasteiger charge is 1.81. The predicted octanol–water partition coefficient (Wildman–Crippen LogP) is 1.53. The van der Waals surface area contributed by atoms with Gasteiger partial charge in [0.25, 0.3) is 0 Å². The van der Waals surface area contributed by atoms with Crippen molar-refractivity contribution in [2.45, 2.75) is 12.8 Å². The first-order valence-corrected chi connectivity index (χ1v) is 2.68. The number of hydrogen-bond donors (Lipinski definition) is 0. The van der Waals surface area contributed by atoms with Gasteiger partial charge in [-0.3, -0.25) is 0 Å². The van der Waals surface area contributed by atoms with Crippen molar-refractivity contribution in [2.75, 3.05) is 13.7 Å². The van der Waals surface area contributed by atoms with E-state index in [9.17, 15) is 0 Å². The van der Waals surface area contributed by atoms with Crippen LogP contribution in [-0.2, 0) is 9.78 Å². The molecule has 2 heteroatoms. The summed E-state index contributed by atoms with van der Waals surface area (Å²) in [6.45, 7) is 4.22. The Morgan fingerprint density at radius 1 is 1.62 bits per heavy atom. The summed E-state index contributed by atoms with van der Waals surface area (Å²) in [5, 5.41) is 0. The Balaban J connectivity index is 2.62. The second-order valence-corrected chi connectivity index (χ2v) is 1.42. The molecule has 8 heavy (non-hydrogen) atoms. The zero-order chi connectivity index (χ0) is 6.24. The van der Waals surface area contributed by atoms with E-state index >= 15 is 0 Å². The second-order valence-electron chi connectivity index (χ2n) is 1.42. The molecule has 0 radical (unpaired) electrons. The molecule has 0 fully saturated rings. The van der Waals surface area contributed by atoms with Crippen LogP contribution in [0.2, 0.25) is 0 Å².